The Bertz CT molecular complexity index is 1550. The fourth-order valence-corrected chi connectivity index (χ4v) is 4.62. The number of aryl methyl sites for hydroxylation is 1. The maximum Gasteiger partial charge on any atom is 0.429 e. The molecule has 2 N–H and O–H groups in total. The van der Waals surface area contributed by atoms with Crippen LogP contribution in [0.2, 0.25) is 0 Å². The lowest BCUT2D eigenvalue weighted by Crippen LogP contribution is -2.35. The molecule has 0 bridgehead atoms. The quantitative estimate of drug-likeness (QED) is 0.294. The third kappa shape index (κ3) is 7.12. The molecular formula is C29H38N7O5. The number of nitrogens with zero attached hydrogens (tertiary/aromatic N) is 5. The number of pyridine rings is 2. The number of rotatable bonds is 9. The Balaban J connectivity index is 1.71. The zero-order valence-corrected chi connectivity index (χ0v) is 24.9. The van der Waals surface area contributed by atoms with Crippen LogP contribution in [0.25, 0.3) is 33.5 Å². The Morgan fingerprint density at radius 3 is 2.59 bits per heavy atom. The van der Waals surface area contributed by atoms with Crippen LogP contribution < -0.4 is 10.6 Å². The van der Waals surface area contributed by atoms with E-state index in [2.05, 4.69) is 20.6 Å². The van der Waals surface area contributed by atoms with Gasteiger partial charge in [-0.25, -0.2) is 29.9 Å². The second kappa shape index (κ2) is 11.7. The number of amides is 2. The van der Waals surface area contributed by atoms with Crippen LogP contribution >= 0.6 is 0 Å². The fourth-order valence-electron chi connectivity index (χ4n) is 4.62. The first kappa shape index (κ1) is 29.8. The van der Waals surface area contributed by atoms with Gasteiger partial charge in [0.25, 0.3) is 0 Å². The average Bonchev–Trinajstić information content (AvgIpc) is 3.48. The van der Waals surface area contributed by atoms with Gasteiger partial charge in [-0.05, 0) is 59.2 Å². The van der Waals surface area contributed by atoms with E-state index in [-0.39, 0.29) is 0 Å². The van der Waals surface area contributed by atoms with Crippen LogP contribution in [0.1, 0.15) is 58.5 Å². The fraction of sp³-hybridized carbons (Fsp3) is 0.483. The first-order valence-electron chi connectivity index (χ1n) is 13.4. The predicted molar refractivity (Wildman–Crippen MR) is 155 cm³/mol. The number of methoxy groups -OCH3 is 1. The molecule has 4 aromatic heterocycles. The molecule has 41 heavy (non-hydrogen) atoms. The van der Waals surface area contributed by atoms with Gasteiger partial charge in [-0.1, -0.05) is 6.07 Å². The number of ether oxygens (including phenoxy) is 3. The number of alkyl carbamates (subject to hydrolysis) is 1. The molecule has 0 aromatic carbocycles. The molecule has 4 aromatic rings. The maximum absolute atomic E-state index is 12.6. The molecule has 219 valence electrons. The molecule has 0 unspecified atom stereocenters. The molecule has 0 fully saturated rings. The molecule has 4 rings (SSSR count). The minimum Gasteiger partial charge on any atom is -0.444 e. The Hall–Kier alpha value is -4.19. The number of hydrogen-bond donors (Lipinski definition) is 2. The lowest BCUT2D eigenvalue weighted by molar-refractivity contribution is 0.0395. The lowest BCUT2D eigenvalue weighted by atomic mass is 10.0. The highest BCUT2D eigenvalue weighted by Gasteiger charge is 2.28. The first-order chi connectivity index (χ1) is 19.3. The van der Waals surface area contributed by atoms with Gasteiger partial charge in [-0.15, -0.1) is 0 Å². The van der Waals surface area contributed by atoms with E-state index in [1.54, 1.807) is 13.4 Å². The van der Waals surface area contributed by atoms with E-state index < -0.39 is 29.4 Å². The summed E-state index contributed by atoms with van der Waals surface area (Å²) < 4.78 is 18.2. The van der Waals surface area contributed by atoms with E-state index in [4.69, 9.17) is 24.2 Å². The van der Waals surface area contributed by atoms with Crippen LogP contribution in [-0.4, -0.2) is 68.7 Å². The van der Waals surface area contributed by atoms with Crippen molar-refractivity contribution in [3.8, 4) is 11.4 Å². The number of carbonyl (C=O) groups excluding carboxylic acids is 2. The molecule has 12 heteroatoms. The van der Waals surface area contributed by atoms with Crippen LogP contribution in [0.3, 0.4) is 0 Å². The van der Waals surface area contributed by atoms with E-state index in [0.29, 0.717) is 42.2 Å². The number of aromatic nitrogens is 5. The van der Waals surface area contributed by atoms with Gasteiger partial charge in [0, 0.05) is 39.6 Å². The highest BCUT2D eigenvalue weighted by molar-refractivity contribution is 6.04. The van der Waals surface area contributed by atoms with Crippen molar-refractivity contribution in [2.24, 2.45) is 7.05 Å². The average molecular weight is 565 g/mol. The summed E-state index contributed by atoms with van der Waals surface area (Å²) in [5.74, 6) is 0. The smallest absolute Gasteiger partial charge is 0.429 e. The van der Waals surface area contributed by atoms with E-state index in [0.717, 1.165) is 22.1 Å². The number of imidazole rings is 1. The summed E-state index contributed by atoms with van der Waals surface area (Å²) in [4.78, 5) is 42.2. The van der Waals surface area contributed by atoms with Crippen molar-refractivity contribution in [3.63, 3.8) is 0 Å². The molecule has 2 amide bonds. The molecular weight excluding hydrogens is 526 g/mol. The number of hydrogen-bond acceptors (Lipinski definition) is 8. The van der Waals surface area contributed by atoms with Gasteiger partial charge in [0.1, 0.15) is 22.4 Å². The molecule has 0 aliphatic heterocycles. The van der Waals surface area contributed by atoms with Crippen molar-refractivity contribution in [3.05, 3.63) is 42.0 Å². The second-order valence-corrected chi connectivity index (χ2v) is 11.5. The third-order valence-electron chi connectivity index (χ3n) is 6.35. The second-order valence-electron chi connectivity index (χ2n) is 11.5. The molecule has 0 saturated heterocycles. The summed E-state index contributed by atoms with van der Waals surface area (Å²) in [7, 11) is 4.94. The van der Waals surface area contributed by atoms with Crippen LogP contribution in [0.5, 0.6) is 0 Å². The third-order valence-corrected chi connectivity index (χ3v) is 6.35. The van der Waals surface area contributed by atoms with Crippen molar-refractivity contribution < 1.29 is 23.8 Å². The number of fused-ring (bicyclic) bond motifs is 3. The van der Waals surface area contributed by atoms with Crippen LogP contribution in [-0.2, 0) is 27.7 Å². The molecule has 1 atom stereocenters. The van der Waals surface area contributed by atoms with Gasteiger partial charge < -0.3 is 29.1 Å². The molecule has 0 aliphatic carbocycles. The number of nitrogens with one attached hydrogen (secondary N) is 2. The van der Waals surface area contributed by atoms with Crippen LogP contribution in [0.4, 0.5) is 9.59 Å². The maximum atomic E-state index is 12.6. The van der Waals surface area contributed by atoms with Gasteiger partial charge in [-0.3, -0.25) is 0 Å². The zero-order valence-electron chi connectivity index (χ0n) is 24.9. The van der Waals surface area contributed by atoms with Gasteiger partial charge in [0.2, 0.25) is 0 Å². The van der Waals surface area contributed by atoms with Crippen molar-refractivity contribution in [1.29, 1.82) is 0 Å². The van der Waals surface area contributed by atoms with E-state index in [1.807, 2.05) is 70.5 Å². The summed E-state index contributed by atoms with van der Waals surface area (Å²) in [5, 5.41) is 7.39. The lowest BCUT2D eigenvalue weighted by Gasteiger charge is -2.24. The molecule has 0 aliphatic rings. The van der Waals surface area contributed by atoms with E-state index in [1.165, 1.54) is 7.05 Å². The van der Waals surface area contributed by atoms with Crippen molar-refractivity contribution in [2.45, 2.75) is 64.7 Å². The minimum atomic E-state index is -0.842. The molecule has 0 saturated carbocycles. The van der Waals surface area contributed by atoms with Crippen molar-refractivity contribution in [2.75, 3.05) is 20.8 Å². The van der Waals surface area contributed by atoms with Gasteiger partial charge in [0.15, 0.2) is 0 Å². The van der Waals surface area contributed by atoms with Crippen molar-refractivity contribution in [1.82, 2.24) is 35.1 Å². The Labute approximate surface area is 239 Å². The molecule has 1 radical (unpaired) electrons. The number of aromatic amines is 1. The highest BCUT2D eigenvalue weighted by atomic mass is 16.6. The standard InChI is InChI=1S/C29H38N7O5/c1-28(2,3)40-27(38)35-20(12-13-39-8)18-10-9-11-19(32-18)21-14-17-24-23(31-16-36(24)7)22(34-25(17)33-21)15-29(4,5)41-26(37)30-6/h9-11,14,16,20H,12-13,15H2,1-8H3,(H,33,34)(H,35,38)/t20-/m0/s1. The summed E-state index contributed by atoms with van der Waals surface area (Å²) in [5.41, 5.74) is 3.62. The van der Waals surface area contributed by atoms with E-state index >= 15 is 0 Å². The number of H-pyrrole nitrogens is 1. The largest absolute Gasteiger partial charge is 0.444 e. The summed E-state index contributed by atoms with van der Waals surface area (Å²) in [6, 6.07) is 7.24. The first-order valence-corrected chi connectivity index (χ1v) is 13.4. The van der Waals surface area contributed by atoms with Gasteiger partial charge >= 0.3 is 12.2 Å². The van der Waals surface area contributed by atoms with E-state index in [9.17, 15) is 9.59 Å². The molecule has 0 spiro atoms. The summed E-state index contributed by atoms with van der Waals surface area (Å²) >= 11 is 0. The Kier molecular flexibility index (Phi) is 8.52. The van der Waals surface area contributed by atoms with Gasteiger partial charge in [-0.2, -0.15) is 0 Å². The normalized spacial score (nSPS) is 12.9. The Morgan fingerprint density at radius 1 is 1.15 bits per heavy atom. The number of carbonyl (C=O) groups is 2. The summed E-state index contributed by atoms with van der Waals surface area (Å²) in [6.07, 6.45) is 1.45. The zero-order chi connectivity index (χ0) is 29.9. The van der Waals surface area contributed by atoms with Crippen LogP contribution in [0, 0.1) is 0 Å². The van der Waals surface area contributed by atoms with Crippen LogP contribution in [0.15, 0.2) is 30.6 Å². The molecule has 4 heterocycles. The highest BCUT2D eigenvalue weighted by Crippen LogP contribution is 2.32. The Morgan fingerprint density at radius 2 is 1.90 bits per heavy atom. The molecule has 12 nitrogen and oxygen atoms in total. The topological polar surface area (TPSA) is 147 Å². The predicted octanol–water partition coefficient (Wildman–Crippen LogP) is 4.81. The van der Waals surface area contributed by atoms with Crippen molar-refractivity contribution >= 4 is 34.3 Å². The monoisotopic (exact) mass is 564 g/mol. The SMILES string of the molecule is C[N]C(=O)OC(C)(C)Cc1nc2[nH]c(-c3cccc([C@H](CCOC)NC(=O)OC(C)(C)C)n3)cc2c2c1ncn2C. The van der Waals surface area contributed by atoms with Gasteiger partial charge in [0.05, 0.1) is 40.7 Å². The summed E-state index contributed by atoms with van der Waals surface area (Å²) in [6.45, 7) is 9.52. The minimum absolute atomic E-state index is 0.345.